The molecule has 1 saturated carbocycles. The lowest BCUT2D eigenvalue weighted by atomic mass is 9.85. The van der Waals surface area contributed by atoms with E-state index in [0.717, 1.165) is 0 Å². The summed E-state index contributed by atoms with van der Waals surface area (Å²) >= 11 is 0. The molecule has 112 valence electrons. The molecular weight excluding hydrogens is 244 g/mol. The molecule has 0 heterocycles. The number of nitrogens with two attached hydrogens (primary N) is 1. The summed E-state index contributed by atoms with van der Waals surface area (Å²) < 4.78 is 0. The first kappa shape index (κ1) is 15.5. The van der Waals surface area contributed by atoms with E-state index in [1.165, 1.54) is 44.1 Å². The van der Waals surface area contributed by atoms with Crippen LogP contribution >= 0.6 is 0 Å². The van der Waals surface area contributed by atoms with Gasteiger partial charge < -0.3 is 11.1 Å². The van der Waals surface area contributed by atoms with Crippen molar-refractivity contribution in [1.29, 1.82) is 0 Å². The standard InChI is InChI=1S/C18H30N2/c1-3-14(4-2)18(15-8-6-5-7-9-15)20-17-12-10-16(19)11-13-17/h5-9,14,16-18,20H,3-4,10-13,19H2,1-2H3. The topological polar surface area (TPSA) is 38.0 Å². The summed E-state index contributed by atoms with van der Waals surface area (Å²) in [5, 5.41) is 3.94. The molecule has 0 aliphatic heterocycles. The number of rotatable bonds is 6. The third kappa shape index (κ3) is 4.07. The van der Waals surface area contributed by atoms with Crippen molar-refractivity contribution in [2.45, 2.75) is 70.5 Å². The van der Waals surface area contributed by atoms with Gasteiger partial charge in [-0.3, -0.25) is 0 Å². The average Bonchev–Trinajstić information content (AvgIpc) is 2.50. The number of hydrogen-bond donors (Lipinski definition) is 2. The first-order valence-corrected chi connectivity index (χ1v) is 8.31. The molecule has 1 atom stereocenters. The summed E-state index contributed by atoms with van der Waals surface area (Å²) in [4.78, 5) is 0. The first-order valence-electron chi connectivity index (χ1n) is 8.31. The van der Waals surface area contributed by atoms with Crippen molar-refractivity contribution in [1.82, 2.24) is 5.32 Å². The van der Waals surface area contributed by atoms with E-state index in [-0.39, 0.29) is 0 Å². The molecule has 1 aliphatic carbocycles. The van der Waals surface area contributed by atoms with Crippen molar-refractivity contribution < 1.29 is 0 Å². The second kappa shape index (κ2) is 7.80. The zero-order chi connectivity index (χ0) is 14.4. The van der Waals surface area contributed by atoms with Crippen LogP contribution in [0.2, 0.25) is 0 Å². The first-order chi connectivity index (χ1) is 9.74. The van der Waals surface area contributed by atoms with Crippen LogP contribution in [0.4, 0.5) is 0 Å². The van der Waals surface area contributed by atoms with Crippen LogP contribution in [0.25, 0.3) is 0 Å². The molecule has 1 unspecified atom stereocenters. The van der Waals surface area contributed by atoms with E-state index in [2.05, 4.69) is 49.5 Å². The summed E-state index contributed by atoms with van der Waals surface area (Å²) in [6.07, 6.45) is 7.25. The maximum atomic E-state index is 6.02. The molecule has 20 heavy (non-hydrogen) atoms. The van der Waals surface area contributed by atoms with Crippen LogP contribution in [0.3, 0.4) is 0 Å². The predicted molar refractivity (Wildman–Crippen MR) is 86.6 cm³/mol. The van der Waals surface area contributed by atoms with Gasteiger partial charge in [0.15, 0.2) is 0 Å². The molecular formula is C18H30N2. The van der Waals surface area contributed by atoms with Crippen molar-refractivity contribution in [2.24, 2.45) is 11.7 Å². The molecule has 0 aromatic heterocycles. The zero-order valence-electron chi connectivity index (χ0n) is 13.0. The lowest BCUT2D eigenvalue weighted by molar-refractivity contribution is 0.261. The fraction of sp³-hybridized carbons (Fsp3) is 0.667. The van der Waals surface area contributed by atoms with Gasteiger partial charge in [-0.2, -0.15) is 0 Å². The Balaban J connectivity index is 2.07. The average molecular weight is 274 g/mol. The zero-order valence-corrected chi connectivity index (χ0v) is 13.0. The molecule has 1 fully saturated rings. The molecule has 2 nitrogen and oxygen atoms in total. The Morgan fingerprint density at radius 1 is 1.05 bits per heavy atom. The maximum Gasteiger partial charge on any atom is 0.0350 e. The largest absolute Gasteiger partial charge is 0.328 e. The molecule has 1 aliphatic rings. The van der Waals surface area contributed by atoms with Gasteiger partial charge in [-0.05, 0) is 37.2 Å². The van der Waals surface area contributed by atoms with Crippen LogP contribution in [0, 0.1) is 5.92 Å². The van der Waals surface area contributed by atoms with E-state index in [0.29, 0.717) is 24.0 Å². The smallest absolute Gasteiger partial charge is 0.0350 e. The number of nitrogens with one attached hydrogen (secondary N) is 1. The van der Waals surface area contributed by atoms with Crippen molar-refractivity contribution in [2.75, 3.05) is 0 Å². The second-order valence-corrected chi connectivity index (χ2v) is 6.24. The van der Waals surface area contributed by atoms with Crippen molar-refractivity contribution in [3.63, 3.8) is 0 Å². The van der Waals surface area contributed by atoms with Crippen LogP contribution in [-0.2, 0) is 0 Å². The van der Waals surface area contributed by atoms with Gasteiger partial charge in [-0.15, -0.1) is 0 Å². The van der Waals surface area contributed by atoms with Crippen LogP contribution < -0.4 is 11.1 Å². The van der Waals surface area contributed by atoms with Crippen molar-refractivity contribution in [3.8, 4) is 0 Å². The Morgan fingerprint density at radius 3 is 2.20 bits per heavy atom. The molecule has 0 bridgehead atoms. The Hall–Kier alpha value is -0.860. The summed E-state index contributed by atoms with van der Waals surface area (Å²) in [6, 6.07) is 12.5. The maximum absolute atomic E-state index is 6.02. The second-order valence-electron chi connectivity index (χ2n) is 6.24. The summed E-state index contributed by atoms with van der Waals surface area (Å²) in [5.74, 6) is 0.716. The summed E-state index contributed by atoms with van der Waals surface area (Å²) in [5.41, 5.74) is 7.46. The minimum absolute atomic E-state index is 0.427. The van der Waals surface area contributed by atoms with Gasteiger partial charge in [-0.25, -0.2) is 0 Å². The Bertz CT molecular complexity index is 364. The van der Waals surface area contributed by atoms with Crippen LogP contribution in [0.5, 0.6) is 0 Å². The Labute approximate surface area is 124 Å². The Kier molecular flexibility index (Phi) is 6.06. The van der Waals surface area contributed by atoms with Crippen LogP contribution in [0.15, 0.2) is 30.3 Å². The lowest BCUT2D eigenvalue weighted by Crippen LogP contribution is -2.41. The normalized spacial score (nSPS) is 24.8. The molecule has 0 saturated heterocycles. The summed E-state index contributed by atoms with van der Waals surface area (Å²) in [7, 11) is 0. The predicted octanol–water partition coefficient (Wildman–Crippen LogP) is 4.02. The van der Waals surface area contributed by atoms with E-state index in [4.69, 9.17) is 5.73 Å². The van der Waals surface area contributed by atoms with E-state index in [1.54, 1.807) is 0 Å². The molecule has 0 radical (unpaired) electrons. The fourth-order valence-corrected chi connectivity index (χ4v) is 3.46. The highest BCUT2D eigenvalue weighted by Crippen LogP contribution is 2.30. The van der Waals surface area contributed by atoms with Crippen LogP contribution in [-0.4, -0.2) is 12.1 Å². The Morgan fingerprint density at radius 2 is 1.65 bits per heavy atom. The number of benzene rings is 1. The molecule has 1 aromatic rings. The molecule has 0 amide bonds. The van der Waals surface area contributed by atoms with Gasteiger partial charge in [0.05, 0.1) is 0 Å². The highest BCUT2D eigenvalue weighted by atomic mass is 15.0. The van der Waals surface area contributed by atoms with Crippen molar-refractivity contribution >= 4 is 0 Å². The molecule has 2 rings (SSSR count). The van der Waals surface area contributed by atoms with E-state index in [9.17, 15) is 0 Å². The number of hydrogen-bond acceptors (Lipinski definition) is 2. The monoisotopic (exact) mass is 274 g/mol. The van der Waals surface area contributed by atoms with E-state index in [1.807, 2.05) is 0 Å². The molecule has 1 aromatic carbocycles. The van der Waals surface area contributed by atoms with Gasteiger partial charge in [-0.1, -0.05) is 57.0 Å². The minimum atomic E-state index is 0.427. The highest BCUT2D eigenvalue weighted by Gasteiger charge is 2.25. The SMILES string of the molecule is CCC(CC)C(NC1CCC(N)CC1)c1ccccc1. The van der Waals surface area contributed by atoms with Gasteiger partial charge >= 0.3 is 0 Å². The highest BCUT2D eigenvalue weighted by molar-refractivity contribution is 5.20. The molecule has 3 N–H and O–H groups in total. The quantitative estimate of drug-likeness (QED) is 0.822. The molecule has 2 heteroatoms. The third-order valence-electron chi connectivity index (χ3n) is 4.87. The lowest BCUT2D eigenvalue weighted by Gasteiger charge is -2.34. The van der Waals surface area contributed by atoms with E-state index < -0.39 is 0 Å². The minimum Gasteiger partial charge on any atom is -0.328 e. The van der Waals surface area contributed by atoms with Gasteiger partial charge in [0.1, 0.15) is 0 Å². The van der Waals surface area contributed by atoms with Gasteiger partial charge in [0.2, 0.25) is 0 Å². The van der Waals surface area contributed by atoms with Gasteiger partial charge in [0, 0.05) is 18.1 Å². The van der Waals surface area contributed by atoms with Crippen LogP contribution in [0.1, 0.15) is 64.0 Å². The fourth-order valence-electron chi connectivity index (χ4n) is 3.46. The van der Waals surface area contributed by atoms with Gasteiger partial charge in [0.25, 0.3) is 0 Å². The van der Waals surface area contributed by atoms with Crippen molar-refractivity contribution in [3.05, 3.63) is 35.9 Å². The molecule has 0 spiro atoms. The summed E-state index contributed by atoms with van der Waals surface area (Å²) in [6.45, 7) is 4.62. The van der Waals surface area contributed by atoms with E-state index >= 15 is 0 Å². The third-order valence-corrected chi connectivity index (χ3v) is 4.87.